The van der Waals surface area contributed by atoms with Crippen LogP contribution in [0.25, 0.3) is 0 Å². The summed E-state index contributed by atoms with van der Waals surface area (Å²) in [6.45, 7) is 3.95. The lowest BCUT2D eigenvalue weighted by atomic mass is 10.4. The van der Waals surface area contributed by atoms with Crippen LogP contribution in [-0.4, -0.2) is 28.4 Å². The van der Waals surface area contributed by atoms with Crippen molar-refractivity contribution >= 4 is 33.3 Å². The Morgan fingerprint density at radius 1 is 1.57 bits per heavy atom. The second kappa shape index (κ2) is 6.19. The number of hydrogen-bond donors (Lipinski definition) is 0. The third kappa shape index (κ3) is 3.10. The molecule has 1 aromatic rings. The Balaban J connectivity index is 2.73. The van der Waals surface area contributed by atoms with Gasteiger partial charge in [-0.2, -0.15) is 0 Å². The Kier molecular flexibility index (Phi) is 5.19. The fraction of sp³-hybridized carbons (Fsp3) is 0.556. The van der Waals surface area contributed by atoms with E-state index in [1.165, 1.54) is 6.33 Å². The van der Waals surface area contributed by atoms with Crippen LogP contribution in [0.4, 0.5) is 5.82 Å². The van der Waals surface area contributed by atoms with Crippen molar-refractivity contribution in [3.63, 3.8) is 0 Å². The third-order valence-corrected chi connectivity index (χ3v) is 2.72. The minimum atomic E-state index is 0.615. The van der Waals surface area contributed by atoms with Crippen LogP contribution >= 0.6 is 27.5 Å². The zero-order chi connectivity index (χ0) is 10.4. The lowest BCUT2D eigenvalue weighted by Gasteiger charge is -2.21. The van der Waals surface area contributed by atoms with E-state index >= 15 is 0 Å². The molecule has 0 saturated heterocycles. The van der Waals surface area contributed by atoms with Gasteiger partial charge in [-0.1, -0.05) is 27.5 Å². The monoisotopic (exact) mass is 277 g/mol. The second-order valence-electron chi connectivity index (χ2n) is 2.82. The smallest absolute Gasteiger partial charge is 0.150 e. The predicted molar refractivity (Wildman–Crippen MR) is 63.3 cm³/mol. The minimum absolute atomic E-state index is 0.615. The molecule has 0 bridgehead atoms. The molecule has 5 heteroatoms. The van der Waals surface area contributed by atoms with Gasteiger partial charge in [-0.3, -0.25) is 0 Å². The van der Waals surface area contributed by atoms with E-state index in [1.54, 1.807) is 6.20 Å². The highest BCUT2D eigenvalue weighted by molar-refractivity contribution is 9.09. The molecule has 1 aromatic heterocycles. The van der Waals surface area contributed by atoms with E-state index in [4.69, 9.17) is 11.6 Å². The van der Waals surface area contributed by atoms with Crippen molar-refractivity contribution in [2.75, 3.05) is 23.3 Å². The molecule has 0 atom stereocenters. The summed E-state index contributed by atoms with van der Waals surface area (Å²) in [5, 5.41) is 1.61. The van der Waals surface area contributed by atoms with Crippen molar-refractivity contribution in [2.24, 2.45) is 0 Å². The highest BCUT2D eigenvalue weighted by Crippen LogP contribution is 2.21. The van der Waals surface area contributed by atoms with Crippen molar-refractivity contribution in [1.82, 2.24) is 9.97 Å². The van der Waals surface area contributed by atoms with Gasteiger partial charge in [0.05, 0.1) is 6.20 Å². The molecular formula is C9H13BrClN3. The van der Waals surface area contributed by atoms with Gasteiger partial charge >= 0.3 is 0 Å². The summed E-state index contributed by atoms with van der Waals surface area (Å²) in [4.78, 5) is 10.2. The van der Waals surface area contributed by atoms with Gasteiger partial charge in [-0.05, 0) is 13.3 Å². The first-order valence-corrected chi connectivity index (χ1v) is 6.06. The van der Waals surface area contributed by atoms with Gasteiger partial charge in [0.15, 0.2) is 5.82 Å². The number of nitrogens with zero attached hydrogens (tertiary/aromatic N) is 3. The average Bonchev–Trinajstić information content (AvgIpc) is 2.21. The lowest BCUT2D eigenvalue weighted by molar-refractivity contribution is 0.783. The first-order valence-electron chi connectivity index (χ1n) is 4.56. The molecular weight excluding hydrogens is 265 g/mol. The van der Waals surface area contributed by atoms with Crippen LogP contribution in [0, 0.1) is 0 Å². The molecule has 0 amide bonds. The van der Waals surface area contributed by atoms with Gasteiger partial charge in [0.25, 0.3) is 0 Å². The third-order valence-electron chi connectivity index (χ3n) is 1.89. The molecule has 0 aliphatic heterocycles. The maximum absolute atomic E-state index is 6.00. The first kappa shape index (κ1) is 11.7. The quantitative estimate of drug-likeness (QED) is 0.776. The van der Waals surface area contributed by atoms with Crippen LogP contribution in [0.1, 0.15) is 13.3 Å². The van der Waals surface area contributed by atoms with Gasteiger partial charge in [-0.15, -0.1) is 0 Å². The van der Waals surface area contributed by atoms with Gasteiger partial charge in [0.1, 0.15) is 11.3 Å². The number of anilines is 1. The molecule has 0 aromatic carbocycles. The Labute approximate surface area is 97.6 Å². The van der Waals surface area contributed by atoms with Crippen molar-refractivity contribution in [3.05, 3.63) is 17.5 Å². The Morgan fingerprint density at radius 3 is 2.93 bits per heavy atom. The molecule has 0 unspecified atom stereocenters. The maximum atomic E-state index is 6.00. The van der Waals surface area contributed by atoms with E-state index in [9.17, 15) is 0 Å². The Bertz CT molecular complexity index is 283. The van der Waals surface area contributed by atoms with Crippen LogP contribution in [0.3, 0.4) is 0 Å². The zero-order valence-corrected chi connectivity index (χ0v) is 10.4. The zero-order valence-electron chi connectivity index (χ0n) is 8.08. The summed E-state index contributed by atoms with van der Waals surface area (Å²) in [6, 6.07) is 0. The number of alkyl halides is 1. The first-order chi connectivity index (χ1) is 6.79. The van der Waals surface area contributed by atoms with Gasteiger partial charge in [0, 0.05) is 18.4 Å². The molecule has 0 aliphatic carbocycles. The molecule has 1 heterocycles. The molecule has 1 rings (SSSR count). The SMILES string of the molecule is CCN(CCCBr)c1ncncc1Cl. The normalized spacial score (nSPS) is 10.2. The van der Waals surface area contributed by atoms with Crippen molar-refractivity contribution in [3.8, 4) is 0 Å². The predicted octanol–water partition coefficient (Wildman–Crippen LogP) is 2.74. The maximum Gasteiger partial charge on any atom is 0.150 e. The lowest BCUT2D eigenvalue weighted by Crippen LogP contribution is -2.25. The summed E-state index contributed by atoms with van der Waals surface area (Å²) in [6.07, 6.45) is 4.23. The summed E-state index contributed by atoms with van der Waals surface area (Å²) in [7, 11) is 0. The fourth-order valence-electron chi connectivity index (χ4n) is 1.20. The van der Waals surface area contributed by atoms with Crippen LogP contribution in [0.2, 0.25) is 5.02 Å². The van der Waals surface area contributed by atoms with E-state index in [0.29, 0.717) is 5.02 Å². The molecule has 0 fully saturated rings. The number of aromatic nitrogens is 2. The number of hydrogen-bond acceptors (Lipinski definition) is 3. The second-order valence-corrected chi connectivity index (χ2v) is 4.02. The largest absolute Gasteiger partial charge is 0.356 e. The van der Waals surface area contributed by atoms with Gasteiger partial charge in [0.2, 0.25) is 0 Å². The highest BCUT2D eigenvalue weighted by Gasteiger charge is 2.08. The average molecular weight is 279 g/mol. The molecule has 0 aliphatic rings. The molecule has 0 spiro atoms. The van der Waals surface area contributed by atoms with E-state index in [1.807, 2.05) is 0 Å². The molecule has 0 N–H and O–H groups in total. The molecule has 0 saturated carbocycles. The molecule has 0 radical (unpaired) electrons. The summed E-state index contributed by atoms with van der Waals surface area (Å²) < 4.78 is 0. The van der Waals surface area contributed by atoms with Crippen molar-refractivity contribution < 1.29 is 0 Å². The van der Waals surface area contributed by atoms with Crippen molar-refractivity contribution in [1.29, 1.82) is 0 Å². The van der Waals surface area contributed by atoms with Crippen LogP contribution in [0.15, 0.2) is 12.5 Å². The molecule has 3 nitrogen and oxygen atoms in total. The Morgan fingerprint density at radius 2 is 2.36 bits per heavy atom. The standard InChI is InChI=1S/C9H13BrClN3/c1-2-14(5-3-4-10)9-8(11)6-12-7-13-9/h6-7H,2-5H2,1H3. The summed E-state index contributed by atoms with van der Waals surface area (Å²) in [5.41, 5.74) is 0. The van der Waals surface area contributed by atoms with E-state index in [2.05, 4.69) is 37.7 Å². The van der Waals surface area contributed by atoms with Crippen LogP contribution < -0.4 is 4.90 Å². The number of rotatable bonds is 5. The van der Waals surface area contributed by atoms with E-state index in [0.717, 1.165) is 30.7 Å². The molecule has 78 valence electrons. The van der Waals surface area contributed by atoms with Crippen LogP contribution in [0.5, 0.6) is 0 Å². The van der Waals surface area contributed by atoms with Gasteiger partial charge < -0.3 is 4.90 Å². The van der Waals surface area contributed by atoms with Gasteiger partial charge in [-0.25, -0.2) is 9.97 Å². The minimum Gasteiger partial charge on any atom is -0.356 e. The van der Waals surface area contributed by atoms with Crippen molar-refractivity contribution in [2.45, 2.75) is 13.3 Å². The topological polar surface area (TPSA) is 29.0 Å². The number of halogens is 2. The summed E-state index contributed by atoms with van der Waals surface area (Å²) >= 11 is 9.40. The Hall–Kier alpha value is -0.350. The summed E-state index contributed by atoms with van der Waals surface area (Å²) in [5.74, 6) is 0.824. The van der Waals surface area contributed by atoms with E-state index in [-0.39, 0.29) is 0 Å². The van der Waals surface area contributed by atoms with E-state index < -0.39 is 0 Å². The molecule has 14 heavy (non-hydrogen) atoms. The van der Waals surface area contributed by atoms with Crippen LogP contribution in [-0.2, 0) is 0 Å². The fourth-order valence-corrected chi connectivity index (χ4v) is 1.68. The highest BCUT2D eigenvalue weighted by atomic mass is 79.9.